The third-order valence-electron chi connectivity index (χ3n) is 3.34. The fraction of sp³-hybridized carbons (Fsp3) is 0.353. The van der Waals surface area contributed by atoms with Gasteiger partial charge in [-0.25, -0.2) is 0 Å². The number of carbonyl (C=O) groups is 1. The Balaban J connectivity index is 1.93. The fourth-order valence-electron chi connectivity index (χ4n) is 2.37. The Morgan fingerprint density at radius 3 is 2.86 bits per heavy atom. The minimum absolute atomic E-state index is 0.0122. The van der Waals surface area contributed by atoms with Gasteiger partial charge in [-0.1, -0.05) is 36.8 Å². The lowest BCUT2D eigenvalue weighted by molar-refractivity contribution is 0.0944. The molecule has 1 heterocycles. The molecule has 0 saturated carbocycles. The molecule has 0 atom stereocenters. The second-order valence-electron chi connectivity index (χ2n) is 5.23. The van der Waals surface area contributed by atoms with Crippen molar-refractivity contribution < 1.29 is 4.79 Å². The maximum Gasteiger partial charge on any atom is 0.267 e. The summed E-state index contributed by atoms with van der Waals surface area (Å²) in [5.74, 6) is -0.0122. The van der Waals surface area contributed by atoms with Crippen molar-refractivity contribution >= 4 is 21.8 Å². The highest BCUT2D eigenvalue weighted by Gasteiger charge is 2.12. The minimum Gasteiger partial charge on any atom is -0.350 e. The molecule has 1 aromatic heterocycles. The molecule has 0 radical (unpaired) electrons. The molecule has 112 valence electrons. The third kappa shape index (κ3) is 4.46. The number of carbonyl (C=O) groups excluding carboxylic acids is 1. The largest absolute Gasteiger partial charge is 0.350 e. The number of aryl methyl sites for hydroxylation is 2. The van der Waals surface area contributed by atoms with Gasteiger partial charge in [0.15, 0.2) is 0 Å². The zero-order valence-electron chi connectivity index (χ0n) is 12.5. The zero-order chi connectivity index (χ0) is 15.2. The lowest BCUT2D eigenvalue weighted by Gasteiger charge is -2.09. The zero-order valence-corrected chi connectivity index (χ0v) is 14.1. The van der Waals surface area contributed by atoms with Gasteiger partial charge in [0.1, 0.15) is 5.69 Å². The Bertz CT molecular complexity index is 619. The van der Waals surface area contributed by atoms with Crippen LogP contribution in [0.5, 0.6) is 0 Å². The van der Waals surface area contributed by atoms with Crippen LogP contribution in [0.3, 0.4) is 0 Å². The predicted octanol–water partition coefficient (Wildman–Crippen LogP) is 3.94. The molecule has 0 unspecified atom stereocenters. The minimum atomic E-state index is -0.0122. The first-order valence-electron chi connectivity index (χ1n) is 7.29. The SMILES string of the molecule is CCCn1cc(Br)cc1C(=O)NCCc1cccc(C)c1. The standard InChI is InChI=1S/C17H21BrN2O/c1-3-9-20-12-15(18)11-16(20)17(21)19-8-7-14-6-4-5-13(2)10-14/h4-6,10-12H,3,7-9H2,1-2H3,(H,19,21). The smallest absolute Gasteiger partial charge is 0.267 e. The van der Waals surface area contributed by atoms with Crippen molar-refractivity contribution in [2.24, 2.45) is 0 Å². The van der Waals surface area contributed by atoms with Crippen LogP contribution in [0.2, 0.25) is 0 Å². The number of amides is 1. The summed E-state index contributed by atoms with van der Waals surface area (Å²) in [7, 11) is 0. The summed E-state index contributed by atoms with van der Waals surface area (Å²) in [6.45, 7) is 5.69. The van der Waals surface area contributed by atoms with Gasteiger partial charge in [0.2, 0.25) is 0 Å². The highest BCUT2D eigenvalue weighted by Crippen LogP contribution is 2.15. The van der Waals surface area contributed by atoms with Gasteiger partial charge in [-0.05, 0) is 47.3 Å². The molecule has 1 N–H and O–H groups in total. The average molecular weight is 349 g/mol. The van der Waals surface area contributed by atoms with Gasteiger partial charge < -0.3 is 9.88 Å². The first kappa shape index (κ1) is 15.8. The van der Waals surface area contributed by atoms with Crippen molar-refractivity contribution in [1.29, 1.82) is 0 Å². The molecule has 0 saturated heterocycles. The summed E-state index contributed by atoms with van der Waals surface area (Å²) in [6, 6.07) is 10.3. The monoisotopic (exact) mass is 348 g/mol. The van der Waals surface area contributed by atoms with E-state index in [0.29, 0.717) is 12.2 Å². The van der Waals surface area contributed by atoms with Gasteiger partial charge in [-0.2, -0.15) is 0 Å². The summed E-state index contributed by atoms with van der Waals surface area (Å²) in [6.07, 6.45) is 3.81. The molecule has 21 heavy (non-hydrogen) atoms. The van der Waals surface area contributed by atoms with Crippen molar-refractivity contribution in [2.75, 3.05) is 6.54 Å². The van der Waals surface area contributed by atoms with Crippen LogP contribution >= 0.6 is 15.9 Å². The third-order valence-corrected chi connectivity index (χ3v) is 3.78. The lowest BCUT2D eigenvalue weighted by Crippen LogP contribution is -2.27. The molecule has 1 aromatic carbocycles. The fourth-order valence-corrected chi connectivity index (χ4v) is 2.83. The van der Waals surface area contributed by atoms with Gasteiger partial charge in [0.05, 0.1) is 0 Å². The number of benzene rings is 1. The van der Waals surface area contributed by atoms with Gasteiger partial charge in [0, 0.05) is 23.8 Å². The maximum atomic E-state index is 12.3. The van der Waals surface area contributed by atoms with Crippen LogP contribution in [0.1, 0.15) is 35.0 Å². The first-order valence-corrected chi connectivity index (χ1v) is 8.09. The van der Waals surface area contributed by atoms with Crippen molar-refractivity contribution in [1.82, 2.24) is 9.88 Å². The van der Waals surface area contributed by atoms with Crippen molar-refractivity contribution in [3.05, 3.63) is 57.8 Å². The number of nitrogens with zero attached hydrogens (tertiary/aromatic N) is 1. The van der Waals surface area contributed by atoms with E-state index in [1.165, 1.54) is 11.1 Å². The Labute approximate surface area is 134 Å². The van der Waals surface area contributed by atoms with Gasteiger partial charge in [-0.3, -0.25) is 4.79 Å². The molecule has 0 bridgehead atoms. The van der Waals surface area contributed by atoms with E-state index in [0.717, 1.165) is 23.9 Å². The number of hydrogen-bond donors (Lipinski definition) is 1. The van der Waals surface area contributed by atoms with E-state index in [1.807, 2.05) is 16.8 Å². The molecule has 0 aliphatic carbocycles. The van der Waals surface area contributed by atoms with E-state index >= 15 is 0 Å². The molecule has 1 amide bonds. The predicted molar refractivity (Wildman–Crippen MR) is 89.6 cm³/mol. The first-order chi connectivity index (χ1) is 10.1. The number of hydrogen-bond acceptors (Lipinski definition) is 1. The van der Waals surface area contributed by atoms with Crippen LogP contribution in [0.25, 0.3) is 0 Å². The number of aromatic nitrogens is 1. The molecule has 0 spiro atoms. The molecular formula is C17H21BrN2O. The van der Waals surface area contributed by atoms with E-state index in [4.69, 9.17) is 0 Å². The molecule has 3 nitrogen and oxygen atoms in total. The second kappa shape index (κ2) is 7.46. The van der Waals surface area contributed by atoms with Crippen LogP contribution in [-0.2, 0) is 13.0 Å². The van der Waals surface area contributed by atoms with E-state index in [-0.39, 0.29) is 5.91 Å². The Hall–Kier alpha value is -1.55. The summed E-state index contributed by atoms with van der Waals surface area (Å²) in [5.41, 5.74) is 3.22. The summed E-state index contributed by atoms with van der Waals surface area (Å²) >= 11 is 3.43. The maximum absolute atomic E-state index is 12.3. The highest BCUT2D eigenvalue weighted by molar-refractivity contribution is 9.10. The summed E-state index contributed by atoms with van der Waals surface area (Å²) in [5, 5.41) is 3.00. The topological polar surface area (TPSA) is 34.0 Å². The van der Waals surface area contributed by atoms with E-state index in [9.17, 15) is 4.79 Å². The molecule has 2 aromatic rings. The van der Waals surface area contributed by atoms with E-state index in [2.05, 4.69) is 59.4 Å². The van der Waals surface area contributed by atoms with Crippen LogP contribution < -0.4 is 5.32 Å². The average Bonchev–Trinajstić information content (AvgIpc) is 2.80. The Morgan fingerprint density at radius 2 is 2.14 bits per heavy atom. The van der Waals surface area contributed by atoms with E-state index in [1.54, 1.807) is 0 Å². The van der Waals surface area contributed by atoms with Crippen LogP contribution in [0, 0.1) is 6.92 Å². The molecule has 4 heteroatoms. The molecule has 2 rings (SSSR count). The van der Waals surface area contributed by atoms with Crippen molar-refractivity contribution in [2.45, 2.75) is 33.2 Å². The second-order valence-corrected chi connectivity index (χ2v) is 6.15. The number of halogens is 1. The van der Waals surface area contributed by atoms with Crippen LogP contribution in [0.15, 0.2) is 41.0 Å². The summed E-state index contributed by atoms with van der Waals surface area (Å²) < 4.78 is 2.94. The van der Waals surface area contributed by atoms with Crippen molar-refractivity contribution in [3.63, 3.8) is 0 Å². The van der Waals surface area contributed by atoms with Gasteiger partial charge in [0.25, 0.3) is 5.91 Å². The van der Waals surface area contributed by atoms with Crippen molar-refractivity contribution in [3.8, 4) is 0 Å². The van der Waals surface area contributed by atoms with Gasteiger partial charge >= 0.3 is 0 Å². The van der Waals surface area contributed by atoms with Gasteiger partial charge in [-0.15, -0.1) is 0 Å². The number of rotatable bonds is 6. The lowest BCUT2D eigenvalue weighted by atomic mass is 10.1. The highest BCUT2D eigenvalue weighted by atomic mass is 79.9. The van der Waals surface area contributed by atoms with Crippen LogP contribution in [0.4, 0.5) is 0 Å². The molecule has 0 aliphatic heterocycles. The number of nitrogens with one attached hydrogen (secondary N) is 1. The Morgan fingerprint density at radius 1 is 1.33 bits per heavy atom. The quantitative estimate of drug-likeness (QED) is 0.842. The molecule has 0 fully saturated rings. The summed E-state index contributed by atoms with van der Waals surface area (Å²) in [4.78, 5) is 12.3. The molecular weight excluding hydrogens is 328 g/mol. The normalized spacial score (nSPS) is 10.6. The molecule has 0 aliphatic rings. The van der Waals surface area contributed by atoms with E-state index < -0.39 is 0 Å². The van der Waals surface area contributed by atoms with Crippen LogP contribution in [-0.4, -0.2) is 17.0 Å². The Kier molecular flexibility index (Phi) is 5.62.